The highest BCUT2D eigenvalue weighted by Crippen LogP contribution is 2.39. The van der Waals surface area contributed by atoms with Crippen molar-refractivity contribution < 1.29 is 94.5 Å². The van der Waals surface area contributed by atoms with Gasteiger partial charge in [-0.15, -0.1) is 0 Å². The smallest absolute Gasteiger partial charge is 0.239 e. The summed E-state index contributed by atoms with van der Waals surface area (Å²) in [6.45, 7) is -0.845. The Hall–Kier alpha value is -3.71. The van der Waals surface area contributed by atoms with E-state index in [4.69, 9.17) is 28.1 Å². The van der Waals surface area contributed by atoms with E-state index in [9.17, 15) is 71.2 Å². The quantitative estimate of drug-likeness (QED) is 0.0994. The molecule has 0 bridgehead atoms. The SMILES string of the molecule is O=c1c(OC2OC(CCC3OC(O)C(O)C(O)C3O)C(O)C(O)C2OC2OC(CO)C(O)C(O)C2O)c(-c2ccc(O)cc2)oc2cc(O)cc(O)c12. The van der Waals surface area contributed by atoms with Crippen molar-refractivity contribution in [3.63, 3.8) is 0 Å². The molecule has 1 aromatic heterocycles. The number of ether oxygens (including phenoxy) is 5. The van der Waals surface area contributed by atoms with Crippen LogP contribution in [0.15, 0.2) is 45.6 Å². The van der Waals surface area contributed by atoms with Crippen LogP contribution < -0.4 is 10.2 Å². The third-order valence-electron chi connectivity index (χ3n) is 9.49. The molecule has 3 fully saturated rings. The second kappa shape index (κ2) is 15.6. The number of hydrogen-bond donors (Lipinski definition) is 13. The highest BCUT2D eigenvalue weighted by atomic mass is 16.8. The van der Waals surface area contributed by atoms with Crippen molar-refractivity contribution in [2.45, 2.75) is 105 Å². The van der Waals surface area contributed by atoms with Gasteiger partial charge in [-0.05, 0) is 37.1 Å². The number of aliphatic hydroxyl groups is 10. The predicted molar refractivity (Wildman–Crippen MR) is 171 cm³/mol. The molecular weight excluding hydrogens is 716 g/mol. The highest BCUT2D eigenvalue weighted by molar-refractivity contribution is 5.88. The Morgan fingerprint density at radius 2 is 1.21 bits per heavy atom. The van der Waals surface area contributed by atoms with Gasteiger partial charge in [0.2, 0.25) is 17.5 Å². The number of phenolic OH excluding ortho intramolecular Hbond substituents is 3. The van der Waals surface area contributed by atoms with Crippen molar-refractivity contribution in [3.8, 4) is 34.3 Å². The molecule has 292 valence electrons. The molecule has 20 heteroatoms. The summed E-state index contributed by atoms with van der Waals surface area (Å²) in [4.78, 5) is 14.0. The molecule has 2 aromatic carbocycles. The van der Waals surface area contributed by atoms with Crippen LogP contribution in [0.1, 0.15) is 12.8 Å². The van der Waals surface area contributed by atoms with Gasteiger partial charge in [0.05, 0.1) is 18.8 Å². The first-order chi connectivity index (χ1) is 25.1. The lowest BCUT2D eigenvalue weighted by molar-refractivity contribution is -0.357. The molecule has 3 aliphatic heterocycles. The summed E-state index contributed by atoms with van der Waals surface area (Å²) < 4.78 is 34.3. The minimum atomic E-state index is -2.03. The number of aliphatic hydroxyl groups excluding tert-OH is 10. The molecule has 0 amide bonds. The molecule has 3 aromatic rings. The topological polar surface area (TPSA) is 339 Å². The van der Waals surface area contributed by atoms with Gasteiger partial charge in [0.15, 0.2) is 24.4 Å². The van der Waals surface area contributed by atoms with Crippen LogP contribution in [0, 0.1) is 0 Å². The summed E-state index contributed by atoms with van der Waals surface area (Å²) in [5, 5.41) is 134. The largest absolute Gasteiger partial charge is 0.508 e. The summed E-state index contributed by atoms with van der Waals surface area (Å²) in [6, 6.07) is 7.05. The minimum Gasteiger partial charge on any atom is -0.508 e. The molecule has 3 aliphatic rings. The molecule has 15 unspecified atom stereocenters. The molecule has 20 nitrogen and oxygen atoms in total. The zero-order chi connectivity index (χ0) is 38.5. The first-order valence-electron chi connectivity index (χ1n) is 16.4. The van der Waals surface area contributed by atoms with Crippen LogP contribution in [-0.4, -0.2) is 165 Å². The summed E-state index contributed by atoms with van der Waals surface area (Å²) in [6.07, 6.45) is -27.4. The van der Waals surface area contributed by atoms with Crippen LogP contribution in [0.4, 0.5) is 0 Å². The summed E-state index contributed by atoms with van der Waals surface area (Å²) in [5.74, 6) is -2.39. The molecule has 0 aliphatic carbocycles. The average molecular weight is 757 g/mol. The predicted octanol–water partition coefficient (Wildman–Crippen LogP) is -3.83. The van der Waals surface area contributed by atoms with Crippen molar-refractivity contribution in [2.75, 3.05) is 6.61 Å². The number of hydrogen-bond acceptors (Lipinski definition) is 20. The van der Waals surface area contributed by atoms with Crippen LogP contribution in [0.3, 0.4) is 0 Å². The van der Waals surface area contributed by atoms with Gasteiger partial charge in [-0.2, -0.15) is 0 Å². The maximum absolute atomic E-state index is 14.0. The normalized spacial score (nSPS) is 37.8. The molecule has 13 N–H and O–H groups in total. The third kappa shape index (κ3) is 7.52. The van der Waals surface area contributed by atoms with Gasteiger partial charge in [0, 0.05) is 17.7 Å². The Morgan fingerprint density at radius 3 is 1.87 bits per heavy atom. The number of fused-ring (bicyclic) bond motifs is 1. The standard InChI is InChI=1S/C33H40O20/c34-9-17-21(40)24(43)27(46)32(51-17)53-30-25(44)20(39)15(6-5-14-19(38)23(42)26(45)31(47)49-14)50-33(30)52-29-22(41)18-13(37)7-12(36)8-16(18)48-28(29)10-1-3-11(35)4-2-10/h1-4,7-8,14-15,17,19-21,23-27,30-40,42-47H,5-6,9H2. The van der Waals surface area contributed by atoms with E-state index < -0.39 is 127 Å². The zero-order valence-electron chi connectivity index (χ0n) is 27.4. The van der Waals surface area contributed by atoms with E-state index in [1.165, 1.54) is 24.3 Å². The van der Waals surface area contributed by atoms with Gasteiger partial charge in [-0.25, -0.2) is 0 Å². The second-order valence-corrected chi connectivity index (χ2v) is 13.0. The van der Waals surface area contributed by atoms with Crippen molar-refractivity contribution in [3.05, 3.63) is 46.6 Å². The molecule has 53 heavy (non-hydrogen) atoms. The molecule has 4 heterocycles. The Bertz CT molecular complexity index is 1780. The Kier molecular flexibility index (Phi) is 11.5. The number of rotatable bonds is 9. The van der Waals surface area contributed by atoms with E-state index in [0.29, 0.717) is 0 Å². The van der Waals surface area contributed by atoms with Crippen molar-refractivity contribution in [2.24, 2.45) is 0 Å². The van der Waals surface area contributed by atoms with Crippen LogP contribution >= 0.6 is 0 Å². The molecule has 3 saturated heterocycles. The lowest BCUT2D eigenvalue weighted by atomic mass is 9.91. The second-order valence-electron chi connectivity index (χ2n) is 13.0. The molecule has 15 atom stereocenters. The average Bonchev–Trinajstić information content (AvgIpc) is 3.12. The van der Waals surface area contributed by atoms with Crippen LogP contribution in [0.5, 0.6) is 23.0 Å². The van der Waals surface area contributed by atoms with Gasteiger partial charge in [-0.3, -0.25) is 4.79 Å². The third-order valence-corrected chi connectivity index (χ3v) is 9.49. The fourth-order valence-electron chi connectivity index (χ4n) is 6.51. The lowest BCUT2D eigenvalue weighted by Crippen LogP contribution is -2.65. The van der Waals surface area contributed by atoms with E-state index in [0.717, 1.165) is 12.1 Å². The fourth-order valence-corrected chi connectivity index (χ4v) is 6.51. The fraction of sp³-hybridized carbons (Fsp3) is 0.545. The van der Waals surface area contributed by atoms with Crippen LogP contribution in [0.25, 0.3) is 22.3 Å². The zero-order valence-corrected chi connectivity index (χ0v) is 27.4. The van der Waals surface area contributed by atoms with Crippen molar-refractivity contribution >= 4 is 11.0 Å². The summed E-state index contributed by atoms with van der Waals surface area (Å²) in [5.41, 5.74) is -1.23. The molecular formula is C33H40O20. The van der Waals surface area contributed by atoms with E-state index in [1.807, 2.05) is 0 Å². The number of phenols is 3. The Balaban J connectivity index is 1.39. The number of benzene rings is 2. The summed E-state index contributed by atoms with van der Waals surface area (Å²) in [7, 11) is 0. The highest BCUT2D eigenvalue weighted by Gasteiger charge is 2.52. The molecule has 0 radical (unpaired) electrons. The van der Waals surface area contributed by atoms with E-state index in [-0.39, 0.29) is 35.5 Å². The van der Waals surface area contributed by atoms with E-state index >= 15 is 0 Å². The van der Waals surface area contributed by atoms with Crippen molar-refractivity contribution in [1.82, 2.24) is 0 Å². The van der Waals surface area contributed by atoms with E-state index in [2.05, 4.69) is 0 Å². The molecule has 0 saturated carbocycles. The first kappa shape index (κ1) is 39.0. The monoisotopic (exact) mass is 756 g/mol. The van der Waals surface area contributed by atoms with Gasteiger partial charge in [-0.1, -0.05) is 0 Å². The van der Waals surface area contributed by atoms with Gasteiger partial charge in [0.1, 0.15) is 83.2 Å². The maximum atomic E-state index is 14.0. The van der Waals surface area contributed by atoms with Gasteiger partial charge in [0.25, 0.3) is 0 Å². The Labute approximate surface area is 298 Å². The van der Waals surface area contributed by atoms with Crippen molar-refractivity contribution in [1.29, 1.82) is 0 Å². The maximum Gasteiger partial charge on any atom is 0.239 e. The lowest BCUT2D eigenvalue weighted by Gasteiger charge is -2.46. The first-order valence-corrected chi connectivity index (χ1v) is 16.4. The van der Waals surface area contributed by atoms with Crippen LogP contribution in [0.2, 0.25) is 0 Å². The van der Waals surface area contributed by atoms with Gasteiger partial charge >= 0.3 is 0 Å². The summed E-state index contributed by atoms with van der Waals surface area (Å²) >= 11 is 0. The number of aromatic hydroxyl groups is 3. The van der Waals surface area contributed by atoms with E-state index in [1.54, 1.807) is 0 Å². The van der Waals surface area contributed by atoms with Crippen LogP contribution in [-0.2, 0) is 18.9 Å². The molecule has 6 rings (SSSR count). The molecule has 0 spiro atoms. The minimum absolute atomic E-state index is 0.113. The van der Waals surface area contributed by atoms with Gasteiger partial charge < -0.3 is 94.5 Å². The Morgan fingerprint density at radius 1 is 0.623 bits per heavy atom.